The van der Waals surface area contributed by atoms with Crippen LogP contribution in [0.5, 0.6) is 0 Å². The first-order valence-electron chi connectivity index (χ1n) is 7.00. The molecule has 7 nitrogen and oxygen atoms in total. The van der Waals surface area contributed by atoms with E-state index in [1.54, 1.807) is 0 Å². The summed E-state index contributed by atoms with van der Waals surface area (Å²) in [6.07, 6.45) is 1.03. The molecule has 0 amide bonds. The molecule has 1 aromatic heterocycles. The van der Waals surface area contributed by atoms with Gasteiger partial charge in [-0.15, -0.1) is 0 Å². The minimum atomic E-state index is 0.0714. The number of nitrogens with two attached hydrogens (primary N) is 1. The number of nitrogens with zero attached hydrogens (tertiary/aromatic N) is 4. The van der Waals surface area contributed by atoms with Gasteiger partial charge in [0, 0.05) is 33.2 Å². The van der Waals surface area contributed by atoms with E-state index in [-0.39, 0.29) is 12.4 Å². The van der Waals surface area contributed by atoms with Gasteiger partial charge in [0.2, 0.25) is 0 Å². The fourth-order valence-electron chi connectivity index (χ4n) is 2.87. The fraction of sp³-hybridized carbons (Fsp3) is 0.692. The second kappa shape index (κ2) is 6.23. The SMILES string of the molecule is Cc1nn(C)c(N2CCCN(CCO)CC2)c1C(=N)N. The van der Waals surface area contributed by atoms with Crippen molar-refractivity contribution < 1.29 is 5.11 Å². The van der Waals surface area contributed by atoms with Gasteiger partial charge >= 0.3 is 0 Å². The molecule has 2 rings (SSSR count). The summed E-state index contributed by atoms with van der Waals surface area (Å²) in [5, 5.41) is 21.2. The second-order valence-electron chi connectivity index (χ2n) is 5.23. The molecule has 0 atom stereocenters. The second-order valence-corrected chi connectivity index (χ2v) is 5.23. The van der Waals surface area contributed by atoms with Gasteiger partial charge in [-0.2, -0.15) is 5.10 Å². The number of anilines is 1. The van der Waals surface area contributed by atoms with E-state index in [9.17, 15) is 0 Å². The van der Waals surface area contributed by atoms with E-state index in [1.165, 1.54) is 0 Å². The number of amidine groups is 1. The number of aromatic nitrogens is 2. The van der Waals surface area contributed by atoms with E-state index in [0.717, 1.165) is 56.2 Å². The zero-order chi connectivity index (χ0) is 14.7. The highest BCUT2D eigenvalue weighted by atomic mass is 16.3. The Morgan fingerprint density at radius 2 is 2.10 bits per heavy atom. The molecule has 0 unspecified atom stereocenters. The summed E-state index contributed by atoms with van der Waals surface area (Å²) in [5.41, 5.74) is 7.25. The molecule has 0 saturated carbocycles. The van der Waals surface area contributed by atoms with Crippen LogP contribution < -0.4 is 10.6 Å². The molecule has 0 aliphatic carbocycles. The van der Waals surface area contributed by atoms with Crippen LogP contribution in [-0.4, -0.2) is 65.0 Å². The summed E-state index contributed by atoms with van der Waals surface area (Å²) < 4.78 is 1.81. The van der Waals surface area contributed by atoms with Crippen LogP contribution in [0.4, 0.5) is 5.82 Å². The first-order chi connectivity index (χ1) is 9.54. The molecule has 7 heteroatoms. The number of aliphatic hydroxyl groups is 1. The normalized spacial score (nSPS) is 17.2. The van der Waals surface area contributed by atoms with Gasteiger partial charge in [-0.25, -0.2) is 0 Å². The Balaban J connectivity index is 2.21. The Morgan fingerprint density at radius 1 is 1.35 bits per heavy atom. The molecule has 0 bridgehead atoms. The van der Waals surface area contributed by atoms with Gasteiger partial charge in [0.25, 0.3) is 0 Å². The molecule has 4 N–H and O–H groups in total. The van der Waals surface area contributed by atoms with Gasteiger partial charge in [0.15, 0.2) is 0 Å². The molecule has 0 radical (unpaired) electrons. The lowest BCUT2D eigenvalue weighted by atomic mass is 10.2. The third-order valence-electron chi connectivity index (χ3n) is 3.77. The van der Waals surface area contributed by atoms with E-state index in [0.29, 0.717) is 0 Å². The smallest absolute Gasteiger partial charge is 0.137 e. The van der Waals surface area contributed by atoms with Crippen molar-refractivity contribution in [3.8, 4) is 0 Å². The summed E-state index contributed by atoms with van der Waals surface area (Å²) in [6.45, 7) is 6.48. The number of hydrogen-bond acceptors (Lipinski definition) is 5. The summed E-state index contributed by atoms with van der Waals surface area (Å²) >= 11 is 0. The largest absolute Gasteiger partial charge is 0.395 e. The molecule has 1 fully saturated rings. The number of aryl methyl sites for hydroxylation is 2. The van der Waals surface area contributed by atoms with Crippen LogP contribution in [0.15, 0.2) is 0 Å². The van der Waals surface area contributed by atoms with Crippen molar-refractivity contribution in [2.75, 3.05) is 44.2 Å². The van der Waals surface area contributed by atoms with E-state index >= 15 is 0 Å². The highest BCUT2D eigenvalue weighted by Crippen LogP contribution is 2.23. The predicted octanol–water partition coefficient (Wildman–Crippen LogP) is -0.483. The minimum absolute atomic E-state index is 0.0714. The number of rotatable bonds is 4. The van der Waals surface area contributed by atoms with Crippen molar-refractivity contribution in [2.45, 2.75) is 13.3 Å². The lowest BCUT2D eigenvalue weighted by molar-refractivity contribution is 0.204. The summed E-state index contributed by atoms with van der Waals surface area (Å²) in [4.78, 5) is 4.50. The number of nitrogen functional groups attached to an aromatic ring is 1. The van der Waals surface area contributed by atoms with E-state index in [4.69, 9.17) is 16.2 Å². The van der Waals surface area contributed by atoms with Crippen LogP contribution in [0.25, 0.3) is 0 Å². The van der Waals surface area contributed by atoms with Gasteiger partial charge in [-0.1, -0.05) is 0 Å². The lowest BCUT2D eigenvalue weighted by Gasteiger charge is -2.24. The number of nitrogens with one attached hydrogen (secondary N) is 1. The Morgan fingerprint density at radius 3 is 2.75 bits per heavy atom. The molecule has 0 aromatic carbocycles. The molecule has 112 valence electrons. The van der Waals surface area contributed by atoms with E-state index in [1.807, 2.05) is 18.7 Å². The summed E-state index contributed by atoms with van der Waals surface area (Å²) in [6, 6.07) is 0. The first-order valence-corrected chi connectivity index (χ1v) is 7.00. The molecule has 1 aliphatic heterocycles. The van der Waals surface area contributed by atoms with E-state index < -0.39 is 0 Å². The maximum Gasteiger partial charge on any atom is 0.137 e. The Labute approximate surface area is 119 Å². The molecular weight excluding hydrogens is 256 g/mol. The lowest BCUT2D eigenvalue weighted by Crippen LogP contribution is -2.34. The topological polar surface area (TPSA) is 94.4 Å². The van der Waals surface area contributed by atoms with Gasteiger partial charge in [0.05, 0.1) is 17.9 Å². The van der Waals surface area contributed by atoms with Crippen LogP contribution in [0.2, 0.25) is 0 Å². The van der Waals surface area contributed by atoms with Gasteiger partial charge in [0.1, 0.15) is 11.7 Å². The van der Waals surface area contributed by atoms with Crippen LogP contribution >= 0.6 is 0 Å². The predicted molar refractivity (Wildman–Crippen MR) is 79.3 cm³/mol. The van der Waals surface area contributed by atoms with Gasteiger partial charge in [-0.05, 0) is 19.9 Å². The quantitative estimate of drug-likeness (QED) is 0.511. The van der Waals surface area contributed by atoms with Crippen LogP contribution in [0.1, 0.15) is 17.7 Å². The van der Waals surface area contributed by atoms with Crippen molar-refractivity contribution in [3.63, 3.8) is 0 Å². The fourth-order valence-corrected chi connectivity index (χ4v) is 2.87. The Hall–Kier alpha value is -1.60. The molecule has 20 heavy (non-hydrogen) atoms. The van der Waals surface area contributed by atoms with Gasteiger partial charge in [-0.3, -0.25) is 15.0 Å². The average Bonchev–Trinajstić information content (AvgIpc) is 2.56. The van der Waals surface area contributed by atoms with Crippen molar-refractivity contribution in [1.29, 1.82) is 5.41 Å². The molecular formula is C13H24N6O. The molecule has 0 spiro atoms. The third kappa shape index (κ3) is 2.94. The van der Waals surface area contributed by atoms with Crippen LogP contribution in [-0.2, 0) is 7.05 Å². The standard InChI is InChI=1S/C13H24N6O/c1-10-11(12(14)15)13(17(2)16-10)19-5-3-4-18(6-7-19)8-9-20/h20H,3-9H2,1-2H3,(H3,14,15). The molecule has 2 heterocycles. The molecule has 1 aromatic rings. The highest BCUT2D eigenvalue weighted by Gasteiger charge is 2.23. The minimum Gasteiger partial charge on any atom is -0.395 e. The number of hydrogen-bond donors (Lipinski definition) is 3. The first kappa shape index (κ1) is 14.8. The van der Waals surface area contributed by atoms with Crippen molar-refractivity contribution >= 4 is 11.7 Å². The molecule has 1 aliphatic rings. The van der Waals surface area contributed by atoms with Crippen molar-refractivity contribution in [1.82, 2.24) is 14.7 Å². The summed E-state index contributed by atoms with van der Waals surface area (Å²) in [7, 11) is 1.89. The monoisotopic (exact) mass is 280 g/mol. The van der Waals surface area contributed by atoms with Crippen molar-refractivity contribution in [2.24, 2.45) is 12.8 Å². The van der Waals surface area contributed by atoms with E-state index in [2.05, 4.69) is 14.9 Å². The Kier molecular flexibility index (Phi) is 4.61. The van der Waals surface area contributed by atoms with Gasteiger partial charge < -0.3 is 15.7 Å². The zero-order valence-electron chi connectivity index (χ0n) is 12.3. The molecule has 1 saturated heterocycles. The maximum atomic E-state index is 9.04. The van der Waals surface area contributed by atoms with Crippen molar-refractivity contribution in [3.05, 3.63) is 11.3 Å². The maximum absolute atomic E-state index is 9.04. The van der Waals surface area contributed by atoms with Crippen LogP contribution in [0, 0.1) is 12.3 Å². The number of aliphatic hydroxyl groups excluding tert-OH is 1. The third-order valence-corrected chi connectivity index (χ3v) is 3.77. The average molecular weight is 280 g/mol. The Bertz CT molecular complexity index is 483. The zero-order valence-corrected chi connectivity index (χ0v) is 12.3. The summed E-state index contributed by atoms with van der Waals surface area (Å²) in [5.74, 6) is 1.00. The number of β-amino-alcohol motifs (C(OH)–C–C–N with tert-alkyl or cyclic N) is 1. The highest BCUT2D eigenvalue weighted by molar-refractivity contribution is 6.00. The van der Waals surface area contributed by atoms with Crippen LogP contribution in [0.3, 0.4) is 0 Å².